The summed E-state index contributed by atoms with van der Waals surface area (Å²) >= 11 is 1.19. The Kier molecular flexibility index (Phi) is 7.61. The molecule has 2 N–H and O–H groups in total. The largest absolute Gasteiger partial charge is 0.389 e. The van der Waals surface area contributed by atoms with Crippen LogP contribution in [0, 0.1) is 23.0 Å². The number of nitrogens with zero attached hydrogens (tertiary/aromatic N) is 7. The van der Waals surface area contributed by atoms with Gasteiger partial charge in [0.1, 0.15) is 28.0 Å². The van der Waals surface area contributed by atoms with Crippen LogP contribution >= 0.6 is 11.3 Å². The van der Waals surface area contributed by atoms with E-state index in [2.05, 4.69) is 20.9 Å². The lowest BCUT2D eigenvalue weighted by Gasteiger charge is -2.40. The molecule has 0 bridgehead atoms. The summed E-state index contributed by atoms with van der Waals surface area (Å²) in [6.07, 6.45) is -0.232. The number of carbonyl (C=O) groups is 1. The number of aliphatic hydroxyl groups excluding tert-OH is 2. The van der Waals surface area contributed by atoms with Crippen LogP contribution in [-0.4, -0.2) is 94.9 Å². The second-order valence-electron chi connectivity index (χ2n) is 11.8. The van der Waals surface area contributed by atoms with Gasteiger partial charge < -0.3 is 24.9 Å². The van der Waals surface area contributed by atoms with Crippen molar-refractivity contribution in [2.75, 3.05) is 62.7 Å². The number of piperazine rings is 1. The van der Waals surface area contributed by atoms with Gasteiger partial charge in [0.15, 0.2) is 10.9 Å². The number of rotatable bonds is 6. The predicted molar refractivity (Wildman–Crippen MR) is 167 cm³/mol. The van der Waals surface area contributed by atoms with Gasteiger partial charge in [0, 0.05) is 68.5 Å². The van der Waals surface area contributed by atoms with Gasteiger partial charge in [0.25, 0.3) is 0 Å². The Labute approximate surface area is 262 Å². The zero-order valence-electron chi connectivity index (χ0n) is 24.6. The summed E-state index contributed by atoms with van der Waals surface area (Å²) in [6.45, 7) is 3.51. The number of pyridine rings is 1. The number of aliphatic hydroxyl groups is 2. The highest BCUT2D eigenvalue weighted by Crippen LogP contribution is 2.45. The van der Waals surface area contributed by atoms with Crippen molar-refractivity contribution in [1.82, 2.24) is 19.8 Å². The molecular formula is C32H31F2N7O3S. The molecule has 1 atom stereocenters. The first-order valence-corrected chi connectivity index (χ1v) is 15.7. The summed E-state index contributed by atoms with van der Waals surface area (Å²) in [7, 11) is 1.81. The average molecular weight is 632 g/mol. The van der Waals surface area contributed by atoms with Crippen LogP contribution in [0.5, 0.6) is 0 Å². The molecule has 13 heteroatoms. The maximum atomic E-state index is 15.9. The first-order valence-electron chi connectivity index (χ1n) is 14.9. The molecule has 7 rings (SSSR count). The minimum Gasteiger partial charge on any atom is -0.389 e. The number of fused-ring (bicyclic) bond motifs is 2. The zero-order chi connectivity index (χ0) is 31.4. The number of amides is 1. The number of nitriles is 1. The van der Waals surface area contributed by atoms with E-state index < -0.39 is 18.0 Å². The maximum absolute atomic E-state index is 15.9. The molecule has 2 fully saturated rings. The van der Waals surface area contributed by atoms with Gasteiger partial charge in [0.05, 0.1) is 30.1 Å². The quantitative estimate of drug-likeness (QED) is 0.329. The fraction of sp³-hybridized carbons (Fsp3) is 0.375. The third-order valence-corrected chi connectivity index (χ3v) is 9.92. The lowest BCUT2D eigenvalue weighted by Crippen LogP contribution is -2.57. The number of anilines is 3. The van der Waals surface area contributed by atoms with Gasteiger partial charge in [0.2, 0.25) is 5.91 Å². The molecule has 1 amide bonds. The normalized spacial score (nSPS) is 18.6. The van der Waals surface area contributed by atoms with Crippen molar-refractivity contribution in [1.29, 1.82) is 5.26 Å². The molecule has 0 radical (unpaired) electrons. The molecule has 2 aromatic carbocycles. The van der Waals surface area contributed by atoms with Gasteiger partial charge in [-0.05, 0) is 49.2 Å². The lowest BCUT2D eigenvalue weighted by atomic mass is 10.0. The van der Waals surface area contributed by atoms with Gasteiger partial charge in [-0.2, -0.15) is 5.26 Å². The Bertz CT molecular complexity index is 1830. The fourth-order valence-electron chi connectivity index (χ4n) is 6.40. The average Bonchev–Trinajstić information content (AvgIpc) is 3.62. The Hall–Kier alpha value is -4.22. The molecule has 2 aliphatic heterocycles. The lowest BCUT2D eigenvalue weighted by molar-refractivity contribution is -0.142. The number of carbonyl (C=O) groups excluding carboxylic acids is 1. The fourth-order valence-corrected chi connectivity index (χ4v) is 7.25. The van der Waals surface area contributed by atoms with E-state index in [1.807, 2.05) is 18.0 Å². The van der Waals surface area contributed by atoms with Crippen LogP contribution in [0.15, 0.2) is 36.4 Å². The van der Waals surface area contributed by atoms with Crippen LogP contribution in [0.1, 0.15) is 28.7 Å². The molecule has 10 nitrogen and oxygen atoms in total. The Morgan fingerprint density at radius 2 is 1.84 bits per heavy atom. The third kappa shape index (κ3) is 5.37. The van der Waals surface area contributed by atoms with Crippen LogP contribution in [-0.2, 0) is 11.2 Å². The van der Waals surface area contributed by atoms with E-state index in [0.29, 0.717) is 102 Å². The second kappa shape index (κ2) is 11.6. The number of thiazole rings is 1. The molecular weight excluding hydrogens is 600 g/mol. The van der Waals surface area contributed by atoms with Crippen molar-refractivity contribution in [3.63, 3.8) is 0 Å². The Morgan fingerprint density at radius 1 is 1.11 bits per heavy atom. The number of benzene rings is 2. The van der Waals surface area contributed by atoms with Crippen molar-refractivity contribution < 1.29 is 23.8 Å². The second-order valence-corrected chi connectivity index (χ2v) is 12.7. The van der Waals surface area contributed by atoms with E-state index in [4.69, 9.17) is 4.98 Å². The standard InChI is InChI=1S/C32H31F2N7O3S/c1-38(32-37-28(26(14-35)45-32)18-2-4-19(33)5-3-18)31-22-6-7-25(43)30(22)36-29-23(31)12-20(13-24(29)34)40-10-8-39(9-11-40)17-27(44)41-15-21(42)16-41/h2-5,12-13,21,25,42-43H,6-11,15-17H2,1H3. The van der Waals surface area contributed by atoms with Crippen LogP contribution in [0.2, 0.25) is 0 Å². The molecule has 1 aliphatic carbocycles. The number of hydrogen-bond acceptors (Lipinski definition) is 10. The zero-order valence-corrected chi connectivity index (χ0v) is 25.4. The first-order chi connectivity index (χ1) is 21.7. The Balaban J connectivity index is 1.22. The van der Waals surface area contributed by atoms with Crippen LogP contribution in [0.3, 0.4) is 0 Å². The van der Waals surface area contributed by atoms with Crippen molar-refractivity contribution in [2.24, 2.45) is 0 Å². The summed E-state index contributed by atoms with van der Waals surface area (Å²) in [6, 6.07) is 11.4. The summed E-state index contributed by atoms with van der Waals surface area (Å²) < 4.78 is 29.5. The molecule has 4 heterocycles. The van der Waals surface area contributed by atoms with Crippen LogP contribution in [0.25, 0.3) is 22.2 Å². The topological polar surface area (TPSA) is 120 Å². The summed E-state index contributed by atoms with van der Waals surface area (Å²) in [5.74, 6) is -0.885. The number of halogens is 2. The number of β-amino-alcohol motifs (C(OH)–C–C–N with tert-alkyl or cyclic N) is 1. The minimum atomic E-state index is -0.813. The van der Waals surface area contributed by atoms with E-state index >= 15 is 4.39 Å². The summed E-state index contributed by atoms with van der Waals surface area (Å²) in [4.78, 5) is 29.9. The van der Waals surface area contributed by atoms with E-state index in [1.54, 1.807) is 17.0 Å². The molecule has 3 aliphatic rings. The monoisotopic (exact) mass is 631 g/mol. The molecule has 2 aromatic heterocycles. The SMILES string of the molecule is CN(c1nc(-c2ccc(F)cc2)c(C#N)s1)c1c2c(nc3c(F)cc(N4CCN(CC(=O)N5CC(O)C5)CC4)cc13)C(O)CC2. The van der Waals surface area contributed by atoms with E-state index in [-0.39, 0.29) is 17.2 Å². The molecule has 4 aromatic rings. The minimum absolute atomic E-state index is 0.00428. The van der Waals surface area contributed by atoms with E-state index in [9.17, 15) is 24.7 Å². The molecule has 232 valence electrons. The number of likely N-dealkylation sites (tertiary alicyclic amines) is 1. The van der Waals surface area contributed by atoms with Gasteiger partial charge in [-0.1, -0.05) is 11.3 Å². The van der Waals surface area contributed by atoms with E-state index in [0.717, 1.165) is 5.56 Å². The van der Waals surface area contributed by atoms with Crippen molar-refractivity contribution >= 4 is 44.7 Å². The molecule has 45 heavy (non-hydrogen) atoms. The van der Waals surface area contributed by atoms with Gasteiger partial charge in [-0.15, -0.1) is 0 Å². The molecule has 0 saturated carbocycles. The number of aromatic nitrogens is 2. The smallest absolute Gasteiger partial charge is 0.236 e. The van der Waals surface area contributed by atoms with Crippen LogP contribution in [0.4, 0.5) is 25.3 Å². The molecule has 1 unspecified atom stereocenters. The van der Waals surface area contributed by atoms with Crippen molar-refractivity contribution in [2.45, 2.75) is 25.0 Å². The van der Waals surface area contributed by atoms with Crippen molar-refractivity contribution in [3.05, 3.63) is 64.2 Å². The molecule has 0 spiro atoms. The highest BCUT2D eigenvalue weighted by atomic mass is 32.1. The van der Waals surface area contributed by atoms with Crippen molar-refractivity contribution in [3.8, 4) is 17.3 Å². The van der Waals surface area contributed by atoms with E-state index in [1.165, 1.54) is 29.5 Å². The summed E-state index contributed by atoms with van der Waals surface area (Å²) in [5, 5.41) is 31.2. The maximum Gasteiger partial charge on any atom is 0.236 e. The highest BCUT2D eigenvalue weighted by molar-refractivity contribution is 7.16. The Morgan fingerprint density at radius 3 is 2.53 bits per heavy atom. The van der Waals surface area contributed by atoms with Crippen LogP contribution < -0.4 is 9.80 Å². The molecule has 2 saturated heterocycles. The summed E-state index contributed by atoms with van der Waals surface area (Å²) in [5.41, 5.74) is 3.82. The third-order valence-electron chi connectivity index (χ3n) is 8.88. The first kappa shape index (κ1) is 29.5. The van der Waals surface area contributed by atoms with Gasteiger partial charge in [-0.25, -0.2) is 18.7 Å². The van der Waals surface area contributed by atoms with Gasteiger partial charge >= 0.3 is 0 Å². The van der Waals surface area contributed by atoms with Gasteiger partial charge in [-0.3, -0.25) is 9.69 Å². The highest BCUT2D eigenvalue weighted by Gasteiger charge is 2.33. The number of hydrogen-bond donors (Lipinski definition) is 2. The predicted octanol–water partition coefficient (Wildman–Crippen LogP) is 3.58.